The van der Waals surface area contributed by atoms with Crippen LogP contribution in [-0.4, -0.2) is 48.6 Å². The third kappa shape index (κ3) is 3.16. The van der Waals surface area contributed by atoms with E-state index in [0.717, 1.165) is 65.8 Å². The lowest BCUT2D eigenvalue weighted by Gasteiger charge is -2.05. The maximum absolute atomic E-state index is 4.76. The molecule has 0 saturated carbocycles. The van der Waals surface area contributed by atoms with Crippen LogP contribution in [0.5, 0.6) is 0 Å². The van der Waals surface area contributed by atoms with E-state index in [0.29, 0.717) is 0 Å². The van der Waals surface area contributed by atoms with Gasteiger partial charge in [0.25, 0.3) is 0 Å². The highest BCUT2D eigenvalue weighted by Crippen LogP contribution is 2.22. The lowest BCUT2D eigenvalue weighted by molar-refractivity contribution is 0.661. The Hall–Kier alpha value is -2.66. The monoisotopic (exact) mass is 317 g/mol. The highest BCUT2D eigenvalue weighted by atomic mass is 14.9. The maximum atomic E-state index is 4.76. The second-order valence-corrected chi connectivity index (χ2v) is 5.86. The van der Waals surface area contributed by atoms with Crippen LogP contribution in [-0.2, 0) is 0 Å². The number of benzene rings is 1. The fraction of sp³-hybridized carbons (Fsp3) is 0.263. The van der Waals surface area contributed by atoms with Gasteiger partial charge in [0, 0.05) is 36.3 Å². The molecule has 3 aromatic rings. The predicted octanol–water partition coefficient (Wildman–Crippen LogP) is 2.61. The Balaban J connectivity index is 1.87. The molecule has 1 N–H and O–H groups in total. The third-order valence-electron chi connectivity index (χ3n) is 4.07. The highest BCUT2D eigenvalue weighted by Gasteiger charge is 2.05. The summed E-state index contributed by atoms with van der Waals surface area (Å²) in [5.41, 5.74) is 3.57. The van der Waals surface area contributed by atoms with Gasteiger partial charge in [-0.15, -0.1) is 0 Å². The van der Waals surface area contributed by atoms with Gasteiger partial charge >= 0.3 is 0 Å². The summed E-state index contributed by atoms with van der Waals surface area (Å²) in [4.78, 5) is 18.5. The number of pyridine rings is 2. The molecule has 0 radical (unpaired) electrons. The lowest BCUT2D eigenvalue weighted by Crippen LogP contribution is -2.19. The Bertz CT molecular complexity index is 853. The van der Waals surface area contributed by atoms with Gasteiger partial charge in [-0.25, -0.2) is 9.97 Å². The Morgan fingerprint density at radius 3 is 1.92 bits per heavy atom. The van der Waals surface area contributed by atoms with Crippen molar-refractivity contribution in [1.82, 2.24) is 15.3 Å². The topological polar surface area (TPSA) is 62.5 Å². The first kappa shape index (κ1) is 14.9. The molecule has 0 unspecified atom stereocenters. The van der Waals surface area contributed by atoms with Crippen molar-refractivity contribution in [2.75, 3.05) is 26.2 Å². The van der Waals surface area contributed by atoms with Crippen LogP contribution in [0.3, 0.4) is 0 Å². The number of fused-ring (bicyclic) bond motifs is 2. The van der Waals surface area contributed by atoms with Crippen molar-refractivity contribution in [3.63, 3.8) is 0 Å². The van der Waals surface area contributed by atoms with Gasteiger partial charge in [-0.2, -0.15) is 0 Å². The van der Waals surface area contributed by atoms with Crippen molar-refractivity contribution < 1.29 is 0 Å². The average Bonchev–Trinajstić information content (AvgIpc) is 2.62. The first-order chi connectivity index (χ1) is 11.9. The van der Waals surface area contributed by atoms with Crippen LogP contribution < -0.4 is 5.32 Å². The number of aromatic nitrogens is 2. The zero-order chi connectivity index (χ0) is 16.2. The smallest absolute Gasteiger partial charge is 0.0972 e. The number of aliphatic imine (C=N–C) groups is 2. The van der Waals surface area contributed by atoms with Crippen LogP contribution in [0, 0.1) is 0 Å². The molecule has 3 heterocycles. The molecule has 1 aliphatic rings. The highest BCUT2D eigenvalue weighted by molar-refractivity contribution is 6.04. The molecule has 24 heavy (non-hydrogen) atoms. The van der Waals surface area contributed by atoms with Crippen LogP contribution >= 0.6 is 0 Å². The van der Waals surface area contributed by atoms with Gasteiger partial charge in [0.15, 0.2) is 0 Å². The van der Waals surface area contributed by atoms with Gasteiger partial charge in [0.1, 0.15) is 0 Å². The Labute approximate surface area is 140 Å². The van der Waals surface area contributed by atoms with Gasteiger partial charge < -0.3 is 5.32 Å². The molecule has 0 aliphatic carbocycles. The molecule has 120 valence electrons. The Kier molecular flexibility index (Phi) is 4.25. The van der Waals surface area contributed by atoms with Crippen molar-refractivity contribution in [2.45, 2.75) is 6.42 Å². The fourth-order valence-corrected chi connectivity index (χ4v) is 2.82. The first-order valence-corrected chi connectivity index (χ1v) is 8.31. The molecule has 5 heteroatoms. The minimum Gasteiger partial charge on any atom is -0.315 e. The maximum Gasteiger partial charge on any atom is 0.0972 e. The summed E-state index contributed by atoms with van der Waals surface area (Å²) < 4.78 is 0. The summed E-state index contributed by atoms with van der Waals surface area (Å²) in [7, 11) is 0. The van der Waals surface area contributed by atoms with E-state index in [-0.39, 0.29) is 0 Å². The van der Waals surface area contributed by atoms with Crippen molar-refractivity contribution in [1.29, 1.82) is 0 Å². The molecule has 1 aromatic carbocycles. The minimum absolute atomic E-state index is 0.751. The van der Waals surface area contributed by atoms with E-state index in [2.05, 4.69) is 39.6 Å². The summed E-state index contributed by atoms with van der Waals surface area (Å²) >= 11 is 0. The predicted molar refractivity (Wildman–Crippen MR) is 99.5 cm³/mol. The Morgan fingerprint density at radius 2 is 1.25 bits per heavy atom. The summed E-state index contributed by atoms with van der Waals surface area (Å²) in [5.74, 6) is 0. The number of nitrogens with one attached hydrogen (secondary N) is 1. The minimum atomic E-state index is 0.751. The van der Waals surface area contributed by atoms with Crippen molar-refractivity contribution >= 4 is 34.2 Å². The second-order valence-electron chi connectivity index (χ2n) is 5.86. The molecular formula is C19H19N5. The fourth-order valence-electron chi connectivity index (χ4n) is 2.82. The third-order valence-corrected chi connectivity index (χ3v) is 4.07. The molecule has 0 saturated heterocycles. The van der Waals surface area contributed by atoms with Gasteiger partial charge in [0.2, 0.25) is 0 Å². The number of rotatable bonds is 0. The van der Waals surface area contributed by atoms with Gasteiger partial charge in [-0.1, -0.05) is 24.3 Å². The van der Waals surface area contributed by atoms with E-state index in [1.54, 1.807) is 0 Å². The largest absolute Gasteiger partial charge is 0.315 e. The second kappa shape index (κ2) is 6.84. The van der Waals surface area contributed by atoms with E-state index < -0.39 is 0 Å². The lowest BCUT2D eigenvalue weighted by atomic mass is 10.1. The van der Waals surface area contributed by atoms with E-state index >= 15 is 0 Å². The molecule has 4 rings (SSSR count). The van der Waals surface area contributed by atoms with E-state index in [1.165, 1.54) is 0 Å². The van der Waals surface area contributed by atoms with Crippen molar-refractivity contribution in [3.8, 4) is 0 Å². The SMILES string of the molecule is C1=NCCCNCCN=Cc2ccc3ccc4ccc1nc4c3n2. The first-order valence-electron chi connectivity index (χ1n) is 8.31. The van der Waals surface area contributed by atoms with Crippen LogP contribution in [0.2, 0.25) is 0 Å². The van der Waals surface area contributed by atoms with Gasteiger partial charge in [-0.05, 0) is 25.1 Å². The molecule has 0 atom stereocenters. The summed E-state index contributed by atoms with van der Waals surface area (Å²) in [6.07, 6.45) is 4.71. The van der Waals surface area contributed by atoms with Gasteiger partial charge in [0.05, 0.1) is 29.0 Å². The van der Waals surface area contributed by atoms with Crippen molar-refractivity contribution in [3.05, 3.63) is 47.8 Å². The summed E-state index contributed by atoms with van der Waals surface area (Å²) in [5, 5.41) is 5.55. The van der Waals surface area contributed by atoms with Crippen LogP contribution in [0.15, 0.2) is 46.4 Å². The number of nitrogens with zero attached hydrogens (tertiary/aromatic N) is 4. The standard InChI is InChI=1S/C19H19N5/c1-8-20-10-11-22-13-17-7-5-15-3-2-14-4-6-16(12-21-9-1)23-18(14)19(15)24-17/h2-7,12-13,20H,1,8-11H2. The van der Waals surface area contributed by atoms with Crippen LogP contribution in [0.1, 0.15) is 17.8 Å². The summed E-state index contributed by atoms with van der Waals surface area (Å²) in [6, 6.07) is 12.3. The molecule has 0 spiro atoms. The quantitative estimate of drug-likeness (QED) is 0.648. The normalized spacial score (nSPS) is 15.8. The molecule has 4 bridgehead atoms. The van der Waals surface area contributed by atoms with E-state index in [4.69, 9.17) is 9.97 Å². The van der Waals surface area contributed by atoms with Gasteiger partial charge in [-0.3, -0.25) is 9.98 Å². The zero-order valence-corrected chi connectivity index (χ0v) is 13.4. The molecule has 0 fully saturated rings. The molecule has 2 aromatic heterocycles. The molecule has 1 aliphatic heterocycles. The van der Waals surface area contributed by atoms with E-state index in [9.17, 15) is 0 Å². The Morgan fingerprint density at radius 1 is 0.667 bits per heavy atom. The summed E-state index contributed by atoms with van der Waals surface area (Å²) in [6.45, 7) is 3.37. The molecular weight excluding hydrogens is 298 g/mol. The van der Waals surface area contributed by atoms with Crippen LogP contribution in [0.4, 0.5) is 0 Å². The number of hydrogen-bond acceptors (Lipinski definition) is 5. The van der Waals surface area contributed by atoms with E-state index in [1.807, 2.05) is 24.6 Å². The zero-order valence-electron chi connectivity index (χ0n) is 13.4. The molecule has 5 nitrogen and oxygen atoms in total. The van der Waals surface area contributed by atoms with Crippen LogP contribution in [0.25, 0.3) is 21.8 Å². The average molecular weight is 317 g/mol. The molecule has 0 amide bonds. The van der Waals surface area contributed by atoms with Crippen molar-refractivity contribution in [2.24, 2.45) is 9.98 Å². The number of hydrogen-bond donors (Lipinski definition) is 1.